The van der Waals surface area contributed by atoms with Gasteiger partial charge in [0.1, 0.15) is 0 Å². The van der Waals surface area contributed by atoms with Crippen molar-refractivity contribution < 1.29 is 0 Å². The van der Waals surface area contributed by atoms with Gasteiger partial charge in [-0.2, -0.15) is 12.6 Å². The summed E-state index contributed by atoms with van der Waals surface area (Å²) in [6, 6.07) is 8.95. The topological polar surface area (TPSA) is 3.24 Å². The van der Waals surface area contributed by atoms with E-state index in [4.69, 9.17) is 0 Å². The van der Waals surface area contributed by atoms with Crippen LogP contribution in [-0.4, -0.2) is 19.3 Å². The zero-order valence-corrected chi connectivity index (χ0v) is 11.8. The molecule has 1 aromatic carbocycles. The van der Waals surface area contributed by atoms with Gasteiger partial charge in [-0.15, -0.1) is 0 Å². The van der Waals surface area contributed by atoms with Gasteiger partial charge in [0, 0.05) is 19.3 Å². The number of hydrogen-bond acceptors (Lipinski definition) is 2. The van der Waals surface area contributed by atoms with E-state index < -0.39 is 0 Å². The van der Waals surface area contributed by atoms with Crippen molar-refractivity contribution in [3.05, 3.63) is 29.8 Å². The lowest BCUT2D eigenvalue weighted by Crippen LogP contribution is -2.42. The highest BCUT2D eigenvalue weighted by Crippen LogP contribution is 2.42. The fourth-order valence-corrected chi connectivity index (χ4v) is 3.04. The molecule has 2 rings (SSSR count). The number of thiol groups is 1. The molecule has 1 saturated carbocycles. The Hall–Kier alpha value is -0.630. The minimum atomic E-state index is 0.474. The van der Waals surface area contributed by atoms with Crippen molar-refractivity contribution in [2.75, 3.05) is 24.2 Å². The number of aryl methyl sites for hydroxylation is 1. The quantitative estimate of drug-likeness (QED) is 0.777. The molecule has 1 nitrogen and oxygen atoms in total. The molecule has 0 N–H and O–H groups in total. The number of nitrogens with zero attached hydrogens (tertiary/aromatic N) is 1. The van der Waals surface area contributed by atoms with Crippen LogP contribution in [0.2, 0.25) is 0 Å². The van der Waals surface area contributed by atoms with Crippen LogP contribution in [0.25, 0.3) is 0 Å². The predicted molar refractivity (Wildman–Crippen MR) is 79.2 cm³/mol. The first kappa shape index (κ1) is 12.8. The molecule has 0 saturated heterocycles. The standard InChI is InChI=1S/C15H23NS/c1-3-13-5-7-14(8-6-13)16(2)11-15(12-17)9-4-10-15/h5-8,17H,3-4,9-12H2,1-2H3. The van der Waals surface area contributed by atoms with Gasteiger partial charge in [-0.1, -0.05) is 25.5 Å². The van der Waals surface area contributed by atoms with Crippen molar-refractivity contribution >= 4 is 18.3 Å². The van der Waals surface area contributed by atoms with Crippen LogP contribution < -0.4 is 4.90 Å². The van der Waals surface area contributed by atoms with Crippen LogP contribution in [0, 0.1) is 5.41 Å². The summed E-state index contributed by atoms with van der Waals surface area (Å²) in [6.07, 6.45) is 5.18. The Morgan fingerprint density at radius 2 is 1.88 bits per heavy atom. The van der Waals surface area contributed by atoms with Crippen molar-refractivity contribution in [3.63, 3.8) is 0 Å². The molecule has 0 heterocycles. The lowest BCUT2D eigenvalue weighted by molar-refractivity contribution is 0.178. The lowest BCUT2D eigenvalue weighted by Gasteiger charge is -2.44. The Balaban J connectivity index is 2.01. The highest BCUT2D eigenvalue weighted by Gasteiger charge is 2.36. The molecule has 0 unspecified atom stereocenters. The lowest BCUT2D eigenvalue weighted by atomic mass is 9.70. The van der Waals surface area contributed by atoms with Gasteiger partial charge in [0.25, 0.3) is 0 Å². The Morgan fingerprint density at radius 3 is 2.29 bits per heavy atom. The molecule has 1 aromatic rings. The molecule has 1 aliphatic rings. The number of anilines is 1. The Labute approximate surface area is 111 Å². The monoisotopic (exact) mass is 249 g/mol. The molecule has 2 heteroatoms. The van der Waals surface area contributed by atoms with Crippen molar-refractivity contribution in [2.45, 2.75) is 32.6 Å². The molecule has 0 radical (unpaired) electrons. The zero-order valence-electron chi connectivity index (χ0n) is 10.9. The number of rotatable bonds is 5. The first-order valence-electron chi connectivity index (χ1n) is 6.60. The molecule has 0 aromatic heterocycles. The van der Waals surface area contributed by atoms with Crippen molar-refractivity contribution in [3.8, 4) is 0 Å². The third-order valence-corrected chi connectivity index (χ3v) is 4.78. The predicted octanol–water partition coefficient (Wildman–Crippen LogP) is 3.79. The van der Waals surface area contributed by atoms with Crippen molar-refractivity contribution in [2.24, 2.45) is 5.41 Å². The molecule has 94 valence electrons. The van der Waals surface area contributed by atoms with Gasteiger partial charge in [0.2, 0.25) is 0 Å². The van der Waals surface area contributed by atoms with E-state index in [9.17, 15) is 0 Å². The van der Waals surface area contributed by atoms with Gasteiger partial charge >= 0.3 is 0 Å². The normalized spacial score (nSPS) is 17.6. The Bertz CT molecular complexity index is 348. The van der Waals surface area contributed by atoms with Crippen LogP contribution in [0.15, 0.2) is 24.3 Å². The van der Waals surface area contributed by atoms with E-state index in [1.165, 1.54) is 30.5 Å². The second-order valence-corrected chi connectivity index (χ2v) is 5.70. The summed E-state index contributed by atoms with van der Waals surface area (Å²) in [5.41, 5.74) is 3.21. The Kier molecular flexibility index (Phi) is 4.03. The minimum Gasteiger partial charge on any atom is -0.374 e. The van der Waals surface area contributed by atoms with Gasteiger partial charge in [-0.05, 0) is 48.1 Å². The van der Waals surface area contributed by atoms with Gasteiger partial charge in [0.15, 0.2) is 0 Å². The molecule has 0 amide bonds. The van der Waals surface area contributed by atoms with E-state index >= 15 is 0 Å². The van der Waals surface area contributed by atoms with E-state index in [0.29, 0.717) is 5.41 Å². The first-order valence-corrected chi connectivity index (χ1v) is 7.23. The maximum Gasteiger partial charge on any atom is 0.0363 e. The summed E-state index contributed by atoms with van der Waals surface area (Å²) in [5, 5.41) is 0. The van der Waals surface area contributed by atoms with Gasteiger partial charge in [0.05, 0.1) is 0 Å². The maximum absolute atomic E-state index is 4.52. The summed E-state index contributed by atoms with van der Waals surface area (Å²) in [4.78, 5) is 2.38. The van der Waals surface area contributed by atoms with Gasteiger partial charge in [-0.3, -0.25) is 0 Å². The maximum atomic E-state index is 4.52. The first-order chi connectivity index (χ1) is 8.19. The van der Waals surface area contributed by atoms with E-state index in [0.717, 1.165) is 18.7 Å². The number of hydrogen-bond donors (Lipinski definition) is 1. The second-order valence-electron chi connectivity index (χ2n) is 5.39. The van der Waals surface area contributed by atoms with E-state index in [1.54, 1.807) is 0 Å². The van der Waals surface area contributed by atoms with Crippen LogP contribution in [0.1, 0.15) is 31.7 Å². The average Bonchev–Trinajstić information content (AvgIpc) is 2.33. The SMILES string of the molecule is CCc1ccc(N(C)CC2(CS)CCC2)cc1. The highest BCUT2D eigenvalue weighted by atomic mass is 32.1. The van der Waals surface area contributed by atoms with Gasteiger partial charge < -0.3 is 4.90 Å². The molecule has 0 aliphatic heterocycles. The summed E-state index contributed by atoms with van der Waals surface area (Å²) in [6.45, 7) is 3.34. The summed E-state index contributed by atoms with van der Waals surface area (Å²) in [5.74, 6) is 1.02. The number of benzene rings is 1. The van der Waals surface area contributed by atoms with Crippen LogP contribution >= 0.6 is 12.6 Å². The Morgan fingerprint density at radius 1 is 1.24 bits per heavy atom. The molecular formula is C15H23NS. The van der Waals surface area contributed by atoms with E-state index in [1.807, 2.05) is 0 Å². The van der Waals surface area contributed by atoms with Crippen molar-refractivity contribution in [1.29, 1.82) is 0 Å². The zero-order chi connectivity index (χ0) is 12.3. The fraction of sp³-hybridized carbons (Fsp3) is 0.600. The second kappa shape index (κ2) is 5.34. The average molecular weight is 249 g/mol. The smallest absolute Gasteiger partial charge is 0.0363 e. The largest absolute Gasteiger partial charge is 0.374 e. The summed E-state index contributed by atoms with van der Waals surface area (Å²) < 4.78 is 0. The third-order valence-electron chi connectivity index (χ3n) is 4.11. The molecule has 1 aliphatic carbocycles. The minimum absolute atomic E-state index is 0.474. The molecule has 0 spiro atoms. The molecule has 1 fully saturated rings. The molecule has 0 bridgehead atoms. The van der Waals surface area contributed by atoms with Crippen LogP contribution in [-0.2, 0) is 6.42 Å². The van der Waals surface area contributed by atoms with Gasteiger partial charge in [-0.25, -0.2) is 0 Å². The molecule has 0 atom stereocenters. The van der Waals surface area contributed by atoms with Crippen molar-refractivity contribution in [1.82, 2.24) is 0 Å². The third kappa shape index (κ3) is 2.79. The van der Waals surface area contributed by atoms with Crippen LogP contribution in [0.3, 0.4) is 0 Å². The molecule has 17 heavy (non-hydrogen) atoms. The summed E-state index contributed by atoms with van der Waals surface area (Å²) in [7, 11) is 2.20. The summed E-state index contributed by atoms with van der Waals surface area (Å²) >= 11 is 4.52. The van der Waals surface area contributed by atoms with E-state index in [2.05, 4.69) is 55.8 Å². The highest BCUT2D eigenvalue weighted by molar-refractivity contribution is 7.80. The van der Waals surface area contributed by atoms with E-state index in [-0.39, 0.29) is 0 Å². The van der Waals surface area contributed by atoms with Crippen LogP contribution in [0.5, 0.6) is 0 Å². The molecular weight excluding hydrogens is 226 g/mol. The van der Waals surface area contributed by atoms with Crippen LogP contribution in [0.4, 0.5) is 5.69 Å². The fourth-order valence-electron chi connectivity index (χ4n) is 2.62.